The lowest BCUT2D eigenvalue weighted by atomic mass is 10.3. The second-order valence-corrected chi connectivity index (χ2v) is 5.77. The standard InChI is InChI=1S/C11H25NO2S/c1-5-7-12-11(8-14-4)9-15(13)10(3)6-2/h10-12H,5-9H2,1-4H3. The van der Waals surface area contributed by atoms with Crippen LogP contribution in [-0.2, 0) is 15.5 Å². The molecular formula is C11H25NO2S. The number of rotatable bonds is 9. The summed E-state index contributed by atoms with van der Waals surface area (Å²) in [5.74, 6) is 0.697. The second-order valence-electron chi connectivity index (χ2n) is 3.87. The van der Waals surface area contributed by atoms with E-state index in [1.165, 1.54) is 0 Å². The van der Waals surface area contributed by atoms with Crippen LogP contribution in [0.5, 0.6) is 0 Å². The fraction of sp³-hybridized carbons (Fsp3) is 1.00. The largest absolute Gasteiger partial charge is 0.383 e. The van der Waals surface area contributed by atoms with E-state index in [4.69, 9.17) is 4.74 Å². The Morgan fingerprint density at radius 1 is 1.40 bits per heavy atom. The van der Waals surface area contributed by atoms with Gasteiger partial charge in [0.15, 0.2) is 0 Å². The summed E-state index contributed by atoms with van der Waals surface area (Å²) >= 11 is 0. The maximum Gasteiger partial charge on any atom is 0.0624 e. The number of ether oxygens (including phenoxy) is 1. The quantitative estimate of drug-likeness (QED) is 0.659. The summed E-state index contributed by atoms with van der Waals surface area (Å²) in [5, 5.41) is 3.65. The van der Waals surface area contributed by atoms with Crippen LogP contribution in [0.15, 0.2) is 0 Å². The molecule has 0 aliphatic carbocycles. The number of hydrogen-bond acceptors (Lipinski definition) is 3. The zero-order chi connectivity index (χ0) is 11.7. The Balaban J connectivity index is 3.97. The Morgan fingerprint density at radius 3 is 2.53 bits per heavy atom. The van der Waals surface area contributed by atoms with Gasteiger partial charge in [-0.05, 0) is 19.4 Å². The molecule has 0 saturated heterocycles. The first-order valence-corrected chi connectivity index (χ1v) is 7.13. The summed E-state index contributed by atoms with van der Waals surface area (Å²) in [5.41, 5.74) is 0. The highest BCUT2D eigenvalue weighted by molar-refractivity contribution is 7.85. The minimum absolute atomic E-state index is 0.227. The second kappa shape index (κ2) is 9.31. The molecule has 15 heavy (non-hydrogen) atoms. The Hall–Kier alpha value is 0.0700. The Labute approximate surface area is 96.4 Å². The van der Waals surface area contributed by atoms with Gasteiger partial charge in [0, 0.05) is 35.0 Å². The number of hydrogen-bond donors (Lipinski definition) is 1. The van der Waals surface area contributed by atoms with E-state index in [9.17, 15) is 4.21 Å². The first-order chi connectivity index (χ1) is 7.15. The lowest BCUT2D eigenvalue weighted by Crippen LogP contribution is -2.39. The Bertz CT molecular complexity index is 176. The molecule has 0 aromatic carbocycles. The monoisotopic (exact) mass is 235 g/mol. The molecular weight excluding hydrogens is 210 g/mol. The molecule has 0 aromatic heterocycles. The molecule has 4 heteroatoms. The minimum Gasteiger partial charge on any atom is -0.383 e. The van der Waals surface area contributed by atoms with E-state index in [0.717, 1.165) is 19.4 Å². The lowest BCUT2D eigenvalue weighted by molar-refractivity contribution is 0.173. The SMILES string of the molecule is CCCNC(COC)CS(=O)C(C)CC. The van der Waals surface area contributed by atoms with Gasteiger partial charge in [-0.1, -0.05) is 20.8 Å². The predicted octanol–water partition coefficient (Wildman–Crippen LogP) is 1.55. The molecule has 0 rings (SSSR count). The Kier molecular flexibility index (Phi) is 9.35. The summed E-state index contributed by atoms with van der Waals surface area (Å²) in [6.07, 6.45) is 2.07. The van der Waals surface area contributed by atoms with E-state index < -0.39 is 10.8 Å². The van der Waals surface area contributed by atoms with Crippen LogP contribution in [0.25, 0.3) is 0 Å². The summed E-state index contributed by atoms with van der Waals surface area (Å²) < 4.78 is 17.0. The van der Waals surface area contributed by atoms with Crippen molar-refractivity contribution in [2.75, 3.05) is 26.0 Å². The molecule has 0 heterocycles. The van der Waals surface area contributed by atoms with Gasteiger partial charge in [0.1, 0.15) is 0 Å². The van der Waals surface area contributed by atoms with Gasteiger partial charge in [-0.15, -0.1) is 0 Å². The molecule has 0 radical (unpaired) electrons. The summed E-state index contributed by atoms with van der Waals surface area (Å²) in [6.45, 7) is 7.85. The predicted molar refractivity (Wildman–Crippen MR) is 66.7 cm³/mol. The topological polar surface area (TPSA) is 38.3 Å². The fourth-order valence-corrected chi connectivity index (χ4v) is 2.58. The van der Waals surface area contributed by atoms with Gasteiger partial charge in [-0.3, -0.25) is 4.21 Å². The number of nitrogens with one attached hydrogen (secondary N) is 1. The summed E-state index contributed by atoms with van der Waals surface area (Å²) in [7, 11) is 0.945. The van der Waals surface area contributed by atoms with E-state index in [0.29, 0.717) is 12.4 Å². The molecule has 92 valence electrons. The van der Waals surface area contributed by atoms with E-state index in [2.05, 4.69) is 19.2 Å². The molecule has 3 unspecified atom stereocenters. The molecule has 0 saturated carbocycles. The highest BCUT2D eigenvalue weighted by atomic mass is 32.2. The highest BCUT2D eigenvalue weighted by Gasteiger charge is 2.15. The van der Waals surface area contributed by atoms with Crippen molar-refractivity contribution >= 4 is 10.8 Å². The molecule has 0 aliphatic heterocycles. The Morgan fingerprint density at radius 2 is 2.07 bits per heavy atom. The first-order valence-electron chi connectivity index (χ1n) is 5.75. The summed E-state index contributed by atoms with van der Waals surface area (Å²) in [4.78, 5) is 0. The van der Waals surface area contributed by atoms with E-state index in [1.807, 2.05) is 6.92 Å². The van der Waals surface area contributed by atoms with Crippen LogP contribution >= 0.6 is 0 Å². The van der Waals surface area contributed by atoms with E-state index >= 15 is 0 Å². The van der Waals surface area contributed by atoms with Crippen LogP contribution in [0.4, 0.5) is 0 Å². The number of methoxy groups -OCH3 is 1. The van der Waals surface area contributed by atoms with Crippen molar-refractivity contribution in [3.8, 4) is 0 Å². The van der Waals surface area contributed by atoms with Crippen molar-refractivity contribution < 1.29 is 8.95 Å². The third-order valence-electron chi connectivity index (χ3n) is 2.44. The van der Waals surface area contributed by atoms with Crippen molar-refractivity contribution in [3.63, 3.8) is 0 Å². The fourth-order valence-electron chi connectivity index (χ4n) is 1.26. The van der Waals surface area contributed by atoms with Crippen molar-refractivity contribution in [1.82, 2.24) is 5.32 Å². The molecule has 0 fully saturated rings. The third kappa shape index (κ3) is 7.03. The van der Waals surface area contributed by atoms with Gasteiger partial charge in [-0.2, -0.15) is 0 Å². The molecule has 0 spiro atoms. The average molecular weight is 235 g/mol. The van der Waals surface area contributed by atoms with Crippen molar-refractivity contribution in [3.05, 3.63) is 0 Å². The van der Waals surface area contributed by atoms with Crippen molar-refractivity contribution in [1.29, 1.82) is 0 Å². The maximum absolute atomic E-state index is 11.8. The van der Waals surface area contributed by atoms with Gasteiger partial charge < -0.3 is 10.1 Å². The lowest BCUT2D eigenvalue weighted by Gasteiger charge is -2.19. The molecule has 0 aromatic rings. The van der Waals surface area contributed by atoms with Crippen LogP contribution in [-0.4, -0.2) is 41.5 Å². The normalized spacial score (nSPS) is 17.3. The van der Waals surface area contributed by atoms with Crippen LogP contribution in [0.3, 0.4) is 0 Å². The average Bonchev–Trinajstić information content (AvgIpc) is 2.24. The van der Waals surface area contributed by atoms with Crippen LogP contribution in [0.2, 0.25) is 0 Å². The minimum atomic E-state index is -0.742. The zero-order valence-corrected chi connectivity index (χ0v) is 11.2. The molecule has 3 atom stereocenters. The smallest absolute Gasteiger partial charge is 0.0624 e. The van der Waals surface area contributed by atoms with Gasteiger partial charge in [-0.25, -0.2) is 0 Å². The first kappa shape index (κ1) is 15.1. The van der Waals surface area contributed by atoms with E-state index in [1.54, 1.807) is 7.11 Å². The maximum atomic E-state index is 11.8. The highest BCUT2D eigenvalue weighted by Crippen LogP contribution is 2.03. The van der Waals surface area contributed by atoms with Crippen molar-refractivity contribution in [2.45, 2.75) is 44.9 Å². The van der Waals surface area contributed by atoms with Crippen LogP contribution in [0.1, 0.15) is 33.6 Å². The molecule has 3 nitrogen and oxygen atoms in total. The molecule has 0 aliphatic rings. The van der Waals surface area contributed by atoms with Crippen LogP contribution < -0.4 is 5.32 Å². The third-order valence-corrected chi connectivity index (χ3v) is 4.40. The zero-order valence-electron chi connectivity index (χ0n) is 10.4. The van der Waals surface area contributed by atoms with Crippen molar-refractivity contribution in [2.24, 2.45) is 0 Å². The van der Waals surface area contributed by atoms with Gasteiger partial charge in [0.05, 0.1) is 6.61 Å². The van der Waals surface area contributed by atoms with E-state index in [-0.39, 0.29) is 11.3 Å². The summed E-state index contributed by atoms with van der Waals surface area (Å²) in [6, 6.07) is 0.227. The molecule has 1 N–H and O–H groups in total. The van der Waals surface area contributed by atoms with Gasteiger partial charge in [0.25, 0.3) is 0 Å². The van der Waals surface area contributed by atoms with Crippen LogP contribution in [0, 0.1) is 0 Å². The van der Waals surface area contributed by atoms with Gasteiger partial charge >= 0.3 is 0 Å². The van der Waals surface area contributed by atoms with Gasteiger partial charge in [0.2, 0.25) is 0 Å². The molecule has 0 bridgehead atoms. The molecule has 0 amide bonds.